The lowest BCUT2D eigenvalue weighted by Crippen LogP contribution is -2.19. The Morgan fingerprint density at radius 1 is 1.53 bits per heavy atom. The van der Waals surface area contributed by atoms with Crippen LogP contribution in [0.5, 0.6) is 0 Å². The van der Waals surface area contributed by atoms with Gasteiger partial charge in [0.1, 0.15) is 17.4 Å². The molecule has 0 atom stereocenters. The summed E-state index contributed by atoms with van der Waals surface area (Å²) in [5, 5.41) is -0.388. The Morgan fingerprint density at radius 3 is 2.60 bits per heavy atom. The predicted octanol–water partition coefficient (Wildman–Crippen LogP) is 0.808. The third kappa shape index (κ3) is 2.50. The number of aromatic nitrogens is 2. The van der Waals surface area contributed by atoms with E-state index in [9.17, 15) is 8.42 Å². The second-order valence-electron chi connectivity index (χ2n) is 3.70. The van der Waals surface area contributed by atoms with E-state index in [1.165, 1.54) is 6.20 Å². The molecule has 0 unspecified atom stereocenters. The molecule has 0 amide bonds. The van der Waals surface area contributed by atoms with E-state index in [0.29, 0.717) is 18.2 Å². The van der Waals surface area contributed by atoms with E-state index < -0.39 is 9.84 Å². The van der Waals surface area contributed by atoms with Crippen molar-refractivity contribution < 1.29 is 8.42 Å². The Hall–Kier alpha value is -1.04. The maximum Gasteiger partial charge on any atom is 0.159 e. The summed E-state index contributed by atoms with van der Waals surface area (Å²) in [6.45, 7) is 5.87. The van der Waals surface area contributed by atoms with Gasteiger partial charge in [0, 0.05) is 6.54 Å². The van der Waals surface area contributed by atoms with E-state index >= 15 is 0 Å². The SMILES string of the molecule is CCn1c(N)cnc1CS(=O)(=O)C(C)C. The van der Waals surface area contributed by atoms with E-state index in [1.807, 2.05) is 6.92 Å². The van der Waals surface area contributed by atoms with Gasteiger partial charge in [0.05, 0.1) is 11.4 Å². The number of hydrogen-bond acceptors (Lipinski definition) is 4. The molecule has 0 aliphatic carbocycles. The topological polar surface area (TPSA) is 78.0 Å². The molecular weight excluding hydrogens is 214 g/mol. The first-order valence-electron chi connectivity index (χ1n) is 4.90. The van der Waals surface area contributed by atoms with Gasteiger partial charge in [-0.1, -0.05) is 0 Å². The standard InChI is InChI=1S/C9H17N3O2S/c1-4-12-8(10)5-11-9(12)6-15(13,14)7(2)3/h5,7H,4,6,10H2,1-3H3. The van der Waals surface area contributed by atoms with Crippen molar-refractivity contribution in [3.05, 3.63) is 12.0 Å². The lowest BCUT2D eigenvalue weighted by atomic mass is 10.6. The quantitative estimate of drug-likeness (QED) is 0.831. The largest absolute Gasteiger partial charge is 0.384 e. The van der Waals surface area contributed by atoms with Crippen molar-refractivity contribution in [2.75, 3.05) is 5.73 Å². The van der Waals surface area contributed by atoms with E-state index in [4.69, 9.17) is 5.73 Å². The molecule has 6 heteroatoms. The molecular formula is C9H17N3O2S. The molecule has 1 heterocycles. The van der Waals surface area contributed by atoms with Gasteiger partial charge in [0.25, 0.3) is 0 Å². The highest BCUT2D eigenvalue weighted by molar-refractivity contribution is 7.91. The number of rotatable bonds is 4. The summed E-state index contributed by atoms with van der Waals surface area (Å²) in [5.74, 6) is 0.977. The summed E-state index contributed by atoms with van der Waals surface area (Å²) in [6, 6.07) is 0. The smallest absolute Gasteiger partial charge is 0.159 e. The number of nitrogens with zero attached hydrogens (tertiary/aromatic N) is 2. The lowest BCUT2D eigenvalue weighted by molar-refractivity contribution is 0.582. The molecule has 5 nitrogen and oxygen atoms in total. The van der Waals surface area contributed by atoms with Crippen molar-refractivity contribution in [3.8, 4) is 0 Å². The zero-order valence-corrected chi connectivity index (χ0v) is 10.1. The van der Waals surface area contributed by atoms with Gasteiger partial charge in [-0.05, 0) is 20.8 Å². The monoisotopic (exact) mass is 231 g/mol. The highest BCUT2D eigenvalue weighted by Gasteiger charge is 2.20. The van der Waals surface area contributed by atoms with Crippen LogP contribution in [0, 0.1) is 0 Å². The molecule has 15 heavy (non-hydrogen) atoms. The molecule has 0 aromatic carbocycles. The summed E-state index contributed by atoms with van der Waals surface area (Å²) >= 11 is 0. The molecule has 1 rings (SSSR count). The third-order valence-corrected chi connectivity index (χ3v) is 4.43. The highest BCUT2D eigenvalue weighted by Crippen LogP contribution is 2.13. The van der Waals surface area contributed by atoms with E-state index in [1.54, 1.807) is 18.4 Å². The second-order valence-corrected chi connectivity index (χ2v) is 6.26. The first-order chi connectivity index (χ1) is 6.88. The molecule has 1 aromatic heterocycles. The van der Waals surface area contributed by atoms with Crippen LogP contribution >= 0.6 is 0 Å². The summed E-state index contributed by atoms with van der Waals surface area (Å²) in [7, 11) is -3.11. The summed E-state index contributed by atoms with van der Waals surface area (Å²) < 4.78 is 25.1. The van der Waals surface area contributed by atoms with Crippen LogP contribution in [-0.4, -0.2) is 23.2 Å². The van der Waals surface area contributed by atoms with E-state index in [-0.39, 0.29) is 11.0 Å². The minimum Gasteiger partial charge on any atom is -0.384 e. The van der Waals surface area contributed by atoms with E-state index in [2.05, 4.69) is 4.98 Å². The van der Waals surface area contributed by atoms with Crippen LogP contribution < -0.4 is 5.73 Å². The summed E-state index contributed by atoms with van der Waals surface area (Å²) in [5.41, 5.74) is 5.65. The van der Waals surface area contributed by atoms with Gasteiger partial charge in [-0.3, -0.25) is 0 Å². The fourth-order valence-corrected chi connectivity index (χ4v) is 2.18. The third-order valence-electron chi connectivity index (χ3n) is 2.33. The van der Waals surface area contributed by atoms with Crippen LogP contribution in [0.1, 0.15) is 26.6 Å². The molecule has 0 aliphatic rings. The van der Waals surface area contributed by atoms with Gasteiger partial charge in [0.15, 0.2) is 9.84 Å². The fraction of sp³-hybridized carbons (Fsp3) is 0.667. The summed E-state index contributed by atoms with van der Waals surface area (Å²) in [4.78, 5) is 4.01. The minimum atomic E-state index is -3.11. The van der Waals surface area contributed by atoms with Crippen molar-refractivity contribution in [2.45, 2.75) is 38.3 Å². The maximum absolute atomic E-state index is 11.7. The molecule has 1 aromatic rings. The normalized spacial score (nSPS) is 12.3. The van der Waals surface area contributed by atoms with Crippen LogP contribution in [0.3, 0.4) is 0 Å². The van der Waals surface area contributed by atoms with Crippen LogP contribution in [0.4, 0.5) is 5.82 Å². The Bertz CT molecular complexity index is 434. The van der Waals surface area contributed by atoms with Crippen molar-refractivity contribution in [1.82, 2.24) is 9.55 Å². The van der Waals surface area contributed by atoms with Crippen molar-refractivity contribution in [3.63, 3.8) is 0 Å². The number of anilines is 1. The van der Waals surface area contributed by atoms with Gasteiger partial charge in [0.2, 0.25) is 0 Å². The maximum atomic E-state index is 11.7. The summed E-state index contributed by atoms with van der Waals surface area (Å²) in [6.07, 6.45) is 1.49. The van der Waals surface area contributed by atoms with Crippen LogP contribution in [-0.2, 0) is 22.1 Å². The van der Waals surface area contributed by atoms with Gasteiger partial charge < -0.3 is 10.3 Å². The minimum absolute atomic E-state index is 0.0459. The van der Waals surface area contributed by atoms with Crippen LogP contribution in [0.25, 0.3) is 0 Å². The Labute approximate surface area is 90.2 Å². The molecule has 0 saturated heterocycles. The zero-order valence-electron chi connectivity index (χ0n) is 9.27. The van der Waals surface area contributed by atoms with Crippen LogP contribution in [0.2, 0.25) is 0 Å². The van der Waals surface area contributed by atoms with Crippen LogP contribution in [0.15, 0.2) is 6.20 Å². The molecule has 2 N–H and O–H groups in total. The lowest BCUT2D eigenvalue weighted by Gasteiger charge is -2.09. The second kappa shape index (κ2) is 4.22. The number of nitrogens with two attached hydrogens (primary N) is 1. The number of nitrogen functional groups attached to an aromatic ring is 1. The van der Waals surface area contributed by atoms with Crippen molar-refractivity contribution in [1.29, 1.82) is 0 Å². The molecule has 0 bridgehead atoms. The fourth-order valence-electron chi connectivity index (χ4n) is 1.26. The first-order valence-corrected chi connectivity index (χ1v) is 6.61. The molecule has 0 spiro atoms. The van der Waals surface area contributed by atoms with Gasteiger partial charge >= 0.3 is 0 Å². The first kappa shape index (κ1) is 12.0. The highest BCUT2D eigenvalue weighted by atomic mass is 32.2. The molecule has 0 saturated carbocycles. The Balaban J connectivity index is 3.00. The van der Waals surface area contributed by atoms with Crippen molar-refractivity contribution >= 4 is 15.7 Å². The average molecular weight is 231 g/mol. The molecule has 0 radical (unpaired) electrons. The van der Waals surface area contributed by atoms with E-state index in [0.717, 1.165) is 0 Å². The zero-order chi connectivity index (χ0) is 11.6. The van der Waals surface area contributed by atoms with Crippen molar-refractivity contribution in [2.24, 2.45) is 0 Å². The number of hydrogen-bond donors (Lipinski definition) is 1. The molecule has 86 valence electrons. The van der Waals surface area contributed by atoms with Gasteiger partial charge in [-0.2, -0.15) is 0 Å². The Morgan fingerprint density at radius 2 is 2.13 bits per heavy atom. The Kier molecular flexibility index (Phi) is 3.38. The van der Waals surface area contributed by atoms with Gasteiger partial charge in [-0.15, -0.1) is 0 Å². The number of sulfone groups is 1. The average Bonchev–Trinajstić information content (AvgIpc) is 2.45. The predicted molar refractivity (Wildman–Crippen MR) is 60.1 cm³/mol. The molecule has 0 fully saturated rings. The van der Waals surface area contributed by atoms with Gasteiger partial charge in [-0.25, -0.2) is 13.4 Å². The number of imidazole rings is 1. The molecule has 0 aliphatic heterocycles.